The zero-order valence-corrected chi connectivity index (χ0v) is 15.8. The average Bonchev–Trinajstić information content (AvgIpc) is 3.29. The Labute approximate surface area is 149 Å². The molecule has 3 heterocycles. The molecule has 2 saturated heterocycles. The Balaban J connectivity index is 1.59. The summed E-state index contributed by atoms with van der Waals surface area (Å²) in [5.74, 6) is 1.07. The first-order valence-electron chi connectivity index (χ1n) is 9.22. The van der Waals surface area contributed by atoms with Gasteiger partial charge in [-0.2, -0.15) is 0 Å². The zero-order chi connectivity index (χ0) is 16.8. The van der Waals surface area contributed by atoms with Crippen molar-refractivity contribution in [2.45, 2.75) is 39.3 Å². The number of ether oxygens (including phenoxy) is 1. The molecule has 2 aliphatic heterocycles. The Bertz CT molecular complexity index is 539. The van der Waals surface area contributed by atoms with Gasteiger partial charge in [0.15, 0.2) is 5.96 Å². The van der Waals surface area contributed by atoms with Gasteiger partial charge in [-0.1, -0.05) is 6.92 Å². The van der Waals surface area contributed by atoms with Crippen LogP contribution >= 0.6 is 11.3 Å². The number of aryl methyl sites for hydroxylation is 1. The maximum atomic E-state index is 5.48. The Morgan fingerprint density at radius 1 is 1.25 bits per heavy atom. The lowest BCUT2D eigenvalue weighted by molar-refractivity contribution is 0.0195. The van der Waals surface area contributed by atoms with Gasteiger partial charge in [-0.05, 0) is 31.9 Å². The molecule has 0 spiro atoms. The number of hydrogen-bond donors (Lipinski definition) is 1. The minimum atomic E-state index is 0.645. The van der Waals surface area contributed by atoms with E-state index in [2.05, 4.69) is 41.1 Å². The molecular weight excluding hydrogens is 320 g/mol. The highest BCUT2D eigenvalue weighted by atomic mass is 32.1. The monoisotopic (exact) mass is 350 g/mol. The first-order chi connectivity index (χ1) is 11.8. The number of nitrogens with zero attached hydrogens (tertiary/aromatic N) is 3. The fraction of sp³-hybridized carbons (Fsp3) is 0.722. The van der Waals surface area contributed by atoms with Crippen LogP contribution in [0.5, 0.6) is 0 Å². The average molecular weight is 351 g/mol. The van der Waals surface area contributed by atoms with Crippen molar-refractivity contribution >= 4 is 17.3 Å². The van der Waals surface area contributed by atoms with Crippen molar-refractivity contribution in [3.63, 3.8) is 0 Å². The van der Waals surface area contributed by atoms with Gasteiger partial charge in [0.25, 0.3) is 0 Å². The number of guanidine groups is 1. The van der Waals surface area contributed by atoms with Crippen molar-refractivity contribution in [2.75, 3.05) is 45.9 Å². The van der Waals surface area contributed by atoms with Crippen LogP contribution in [-0.2, 0) is 17.7 Å². The summed E-state index contributed by atoms with van der Waals surface area (Å²) in [5, 5.41) is 3.48. The van der Waals surface area contributed by atoms with Crippen molar-refractivity contribution in [2.24, 2.45) is 4.99 Å². The van der Waals surface area contributed by atoms with Gasteiger partial charge in [0.1, 0.15) is 0 Å². The van der Waals surface area contributed by atoms with Gasteiger partial charge in [-0.3, -0.25) is 4.90 Å². The molecule has 2 fully saturated rings. The lowest BCUT2D eigenvalue weighted by Gasteiger charge is -2.32. The first-order valence-corrected chi connectivity index (χ1v) is 10.0. The van der Waals surface area contributed by atoms with Crippen LogP contribution in [0.15, 0.2) is 17.1 Å². The quantitative estimate of drug-likeness (QED) is 0.653. The third-order valence-electron chi connectivity index (χ3n) is 4.81. The third kappa shape index (κ3) is 4.49. The number of aliphatic imine (C=N–C) groups is 1. The van der Waals surface area contributed by atoms with Gasteiger partial charge in [0, 0.05) is 48.5 Å². The molecule has 1 atom stereocenters. The standard InChI is InChI=1S/C18H30N4OS/c1-3-16-5-6-17(24-16)13-20-18(19-4-2)22-8-7-15(14-22)21-9-11-23-12-10-21/h5-6,15H,3-4,7-14H2,1-2H3,(H,19,20). The summed E-state index contributed by atoms with van der Waals surface area (Å²) in [6, 6.07) is 5.09. The second-order valence-electron chi connectivity index (χ2n) is 6.43. The first kappa shape index (κ1) is 17.7. The Hall–Kier alpha value is -1.11. The van der Waals surface area contributed by atoms with Crippen LogP contribution in [0.2, 0.25) is 0 Å². The fourth-order valence-corrected chi connectivity index (χ4v) is 4.33. The molecule has 5 nitrogen and oxygen atoms in total. The van der Waals surface area contributed by atoms with Gasteiger partial charge in [0.2, 0.25) is 0 Å². The topological polar surface area (TPSA) is 40.1 Å². The fourth-order valence-electron chi connectivity index (χ4n) is 3.45. The third-order valence-corrected chi connectivity index (χ3v) is 6.02. The second kappa shape index (κ2) is 8.83. The SMILES string of the molecule is CCNC(=NCc1ccc(CC)s1)N1CCC(N2CCOCC2)C1. The van der Waals surface area contributed by atoms with Gasteiger partial charge >= 0.3 is 0 Å². The van der Waals surface area contributed by atoms with E-state index in [0.29, 0.717) is 6.04 Å². The van der Waals surface area contributed by atoms with E-state index in [0.717, 1.165) is 64.9 Å². The van der Waals surface area contributed by atoms with E-state index in [1.165, 1.54) is 16.2 Å². The van der Waals surface area contributed by atoms with Gasteiger partial charge in [-0.15, -0.1) is 11.3 Å². The molecule has 0 bridgehead atoms. The van der Waals surface area contributed by atoms with Gasteiger partial charge in [-0.25, -0.2) is 4.99 Å². The zero-order valence-electron chi connectivity index (χ0n) is 15.0. The molecule has 24 heavy (non-hydrogen) atoms. The van der Waals surface area contributed by atoms with Crippen LogP contribution in [0, 0.1) is 0 Å². The van der Waals surface area contributed by atoms with Crippen molar-refractivity contribution in [3.8, 4) is 0 Å². The summed E-state index contributed by atoms with van der Waals surface area (Å²) < 4.78 is 5.48. The Kier molecular flexibility index (Phi) is 6.51. The van der Waals surface area contributed by atoms with Crippen LogP contribution in [0.1, 0.15) is 30.0 Å². The number of nitrogens with one attached hydrogen (secondary N) is 1. The van der Waals surface area contributed by atoms with Crippen LogP contribution in [-0.4, -0.2) is 67.7 Å². The normalized spacial score (nSPS) is 23.0. The highest BCUT2D eigenvalue weighted by Crippen LogP contribution is 2.19. The minimum absolute atomic E-state index is 0.645. The number of thiophene rings is 1. The van der Waals surface area contributed by atoms with E-state index in [1.807, 2.05) is 11.3 Å². The molecule has 1 aromatic heterocycles. The van der Waals surface area contributed by atoms with E-state index in [-0.39, 0.29) is 0 Å². The molecule has 0 amide bonds. The maximum absolute atomic E-state index is 5.48. The summed E-state index contributed by atoms with van der Waals surface area (Å²) in [6.07, 6.45) is 2.34. The summed E-state index contributed by atoms with van der Waals surface area (Å²) in [4.78, 5) is 12.7. The Morgan fingerprint density at radius 2 is 2.04 bits per heavy atom. The highest BCUT2D eigenvalue weighted by molar-refractivity contribution is 7.11. The molecule has 0 aromatic carbocycles. The van der Waals surface area contributed by atoms with E-state index < -0.39 is 0 Å². The lowest BCUT2D eigenvalue weighted by atomic mass is 10.2. The predicted molar refractivity (Wildman–Crippen MR) is 101 cm³/mol. The van der Waals surface area contributed by atoms with Crippen LogP contribution in [0.3, 0.4) is 0 Å². The molecule has 1 unspecified atom stereocenters. The minimum Gasteiger partial charge on any atom is -0.379 e. The van der Waals surface area contributed by atoms with Crippen LogP contribution in [0.25, 0.3) is 0 Å². The van der Waals surface area contributed by atoms with E-state index >= 15 is 0 Å². The summed E-state index contributed by atoms with van der Waals surface area (Å²) in [7, 11) is 0. The largest absolute Gasteiger partial charge is 0.379 e. The molecule has 1 N–H and O–H groups in total. The molecule has 0 radical (unpaired) electrons. The van der Waals surface area contributed by atoms with E-state index in [9.17, 15) is 0 Å². The summed E-state index contributed by atoms with van der Waals surface area (Å²) >= 11 is 1.88. The Morgan fingerprint density at radius 3 is 2.75 bits per heavy atom. The predicted octanol–water partition coefficient (Wildman–Crippen LogP) is 2.18. The number of rotatable bonds is 5. The van der Waals surface area contributed by atoms with Crippen molar-refractivity contribution in [1.82, 2.24) is 15.1 Å². The van der Waals surface area contributed by atoms with Crippen molar-refractivity contribution in [1.29, 1.82) is 0 Å². The second-order valence-corrected chi connectivity index (χ2v) is 7.68. The van der Waals surface area contributed by atoms with E-state index in [4.69, 9.17) is 9.73 Å². The molecular formula is C18H30N4OS. The molecule has 134 valence electrons. The number of hydrogen-bond acceptors (Lipinski definition) is 4. The summed E-state index contributed by atoms with van der Waals surface area (Å²) in [5.41, 5.74) is 0. The summed E-state index contributed by atoms with van der Waals surface area (Å²) in [6.45, 7) is 12.1. The van der Waals surface area contributed by atoms with Gasteiger partial charge < -0.3 is 15.0 Å². The molecule has 6 heteroatoms. The van der Waals surface area contributed by atoms with Gasteiger partial charge in [0.05, 0.1) is 19.8 Å². The molecule has 0 aliphatic carbocycles. The smallest absolute Gasteiger partial charge is 0.194 e. The highest BCUT2D eigenvalue weighted by Gasteiger charge is 2.30. The molecule has 3 rings (SSSR count). The lowest BCUT2D eigenvalue weighted by Crippen LogP contribution is -2.46. The van der Waals surface area contributed by atoms with Crippen molar-refractivity contribution < 1.29 is 4.74 Å². The number of morpholine rings is 1. The number of likely N-dealkylation sites (tertiary alicyclic amines) is 1. The molecule has 1 aromatic rings. The van der Waals surface area contributed by atoms with E-state index in [1.54, 1.807) is 0 Å². The van der Waals surface area contributed by atoms with Crippen LogP contribution in [0.4, 0.5) is 0 Å². The molecule has 2 aliphatic rings. The maximum Gasteiger partial charge on any atom is 0.194 e. The van der Waals surface area contributed by atoms with Crippen LogP contribution < -0.4 is 5.32 Å². The molecule has 0 saturated carbocycles. The van der Waals surface area contributed by atoms with Crippen molar-refractivity contribution in [3.05, 3.63) is 21.9 Å².